The highest BCUT2D eigenvalue weighted by Crippen LogP contribution is 2.23. The first-order valence-electron chi connectivity index (χ1n) is 9.68. The van der Waals surface area contributed by atoms with Gasteiger partial charge in [-0.05, 0) is 44.2 Å². The average Bonchev–Trinajstić information content (AvgIpc) is 3.15. The quantitative estimate of drug-likeness (QED) is 0.487. The van der Waals surface area contributed by atoms with Crippen LogP contribution in [0, 0.1) is 0 Å². The summed E-state index contributed by atoms with van der Waals surface area (Å²) in [5.41, 5.74) is 2.41. The minimum Gasteiger partial charge on any atom is -0.383 e. The number of ether oxygens (including phenoxy) is 1. The van der Waals surface area contributed by atoms with E-state index >= 15 is 0 Å². The van der Waals surface area contributed by atoms with Gasteiger partial charge >= 0.3 is 0 Å². The van der Waals surface area contributed by atoms with Crippen molar-refractivity contribution in [3.05, 3.63) is 36.2 Å². The Morgan fingerprint density at radius 3 is 2.89 bits per heavy atom. The van der Waals surface area contributed by atoms with Gasteiger partial charge in [-0.2, -0.15) is 0 Å². The third-order valence-electron chi connectivity index (χ3n) is 4.66. The minimum atomic E-state index is 0.0214. The maximum absolute atomic E-state index is 12.2. The fourth-order valence-corrected chi connectivity index (χ4v) is 3.96. The van der Waals surface area contributed by atoms with Crippen LogP contribution < -0.4 is 5.32 Å². The number of aromatic nitrogens is 4. The molecule has 1 aliphatic rings. The van der Waals surface area contributed by atoms with Gasteiger partial charge in [-0.25, -0.2) is 0 Å². The smallest absolute Gasteiger partial charge is 0.230 e. The van der Waals surface area contributed by atoms with Gasteiger partial charge in [-0.3, -0.25) is 14.3 Å². The topological polar surface area (TPSA) is 81.9 Å². The Morgan fingerprint density at radius 1 is 1.29 bits per heavy atom. The summed E-state index contributed by atoms with van der Waals surface area (Å²) in [6.45, 7) is 1.87. The summed E-state index contributed by atoms with van der Waals surface area (Å²) in [4.78, 5) is 16.3. The number of thioether (sulfide) groups is 1. The number of methoxy groups -OCH3 is 1. The Morgan fingerprint density at radius 2 is 2.14 bits per heavy atom. The van der Waals surface area contributed by atoms with Crippen molar-refractivity contribution in [2.75, 3.05) is 26.0 Å². The molecule has 1 amide bonds. The van der Waals surface area contributed by atoms with Crippen LogP contribution in [0.3, 0.4) is 0 Å². The molecule has 0 saturated carbocycles. The average molecular weight is 402 g/mol. The van der Waals surface area contributed by atoms with Crippen LogP contribution in [0.2, 0.25) is 0 Å². The predicted molar refractivity (Wildman–Crippen MR) is 110 cm³/mol. The zero-order chi connectivity index (χ0) is 19.6. The number of rotatable bonds is 10. The second-order valence-electron chi connectivity index (χ2n) is 6.68. The van der Waals surface area contributed by atoms with Gasteiger partial charge in [0, 0.05) is 31.6 Å². The molecule has 0 spiro atoms. The van der Waals surface area contributed by atoms with E-state index in [4.69, 9.17) is 4.74 Å². The first-order valence-corrected chi connectivity index (χ1v) is 10.7. The third kappa shape index (κ3) is 5.90. The summed E-state index contributed by atoms with van der Waals surface area (Å²) in [7, 11) is 1.67. The normalized spacial score (nSPS) is 14.0. The molecular formula is C20H27N5O2S. The molecule has 0 aromatic carbocycles. The number of nitrogens with one attached hydrogen (secondary N) is 1. The molecule has 2 aromatic heterocycles. The molecule has 1 N–H and O–H groups in total. The van der Waals surface area contributed by atoms with Gasteiger partial charge in [0.25, 0.3) is 0 Å². The lowest BCUT2D eigenvalue weighted by atomic mass is 9.97. The van der Waals surface area contributed by atoms with Crippen molar-refractivity contribution in [3.8, 4) is 11.4 Å². The summed E-state index contributed by atoms with van der Waals surface area (Å²) in [5, 5.41) is 12.3. The number of hydrogen-bond donors (Lipinski definition) is 1. The van der Waals surface area contributed by atoms with Gasteiger partial charge in [0.1, 0.15) is 0 Å². The van der Waals surface area contributed by atoms with E-state index in [1.807, 2.05) is 16.7 Å². The van der Waals surface area contributed by atoms with Crippen molar-refractivity contribution < 1.29 is 9.53 Å². The number of hydrogen-bond acceptors (Lipinski definition) is 6. The molecule has 28 heavy (non-hydrogen) atoms. The van der Waals surface area contributed by atoms with Crippen LogP contribution >= 0.6 is 11.8 Å². The van der Waals surface area contributed by atoms with Gasteiger partial charge in [0.2, 0.25) is 5.91 Å². The summed E-state index contributed by atoms with van der Waals surface area (Å²) in [6.07, 6.45) is 11.6. The Kier molecular flexibility index (Phi) is 8.05. The number of nitrogens with zero attached hydrogens (tertiary/aromatic N) is 4. The first kappa shape index (κ1) is 20.5. The molecule has 7 nitrogen and oxygen atoms in total. The fraction of sp³-hybridized carbons (Fsp3) is 0.500. The Balaban J connectivity index is 1.55. The lowest BCUT2D eigenvalue weighted by Crippen LogP contribution is -2.26. The van der Waals surface area contributed by atoms with E-state index in [0.29, 0.717) is 30.6 Å². The van der Waals surface area contributed by atoms with E-state index in [-0.39, 0.29) is 5.91 Å². The van der Waals surface area contributed by atoms with Gasteiger partial charge in [-0.1, -0.05) is 23.4 Å². The maximum atomic E-state index is 12.2. The molecule has 3 rings (SSSR count). The van der Waals surface area contributed by atoms with Crippen molar-refractivity contribution >= 4 is 17.7 Å². The molecule has 150 valence electrons. The van der Waals surface area contributed by atoms with Crippen molar-refractivity contribution in [2.24, 2.45) is 0 Å². The number of amides is 1. The SMILES string of the molecule is COCCn1c(SCC(=O)NCCC2=CCCCC2)nnc1-c1ccncc1. The highest BCUT2D eigenvalue weighted by Gasteiger charge is 2.15. The highest BCUT2D eigenvalue weighted by atomic mass is 32.2. The molecular weight excluding hydrogens is 374 g/mol. The van der Waals surface area contributed by atoms with Crippen LogP contribution in [0.1, 0.15) is 32.1 Å². The molecule has 0 fully saturated rings. The summed E-state index contributed by atoms with van der Waals surface area (Å²) >= 11 is 1.40. The van der Waals surface area contributed by atoms with Crippen molar-refractivity contribution in [1.29, 1.82) is 0 Å². The second-order valence-corrected chi connectivity index (χ2v) is 7.63. The number of carbonyl (C=O) groups excluding carboxylic acids is 1. The molecule has 0 aliphatic heterocycles. The van der Waals surface area contributed by atoms with E-state index in [9.17, 15) is 4.79 Å². The highest BCUT2D eigenvalue weighted by molar-refractivity contribution is 7.99. The van der Waals surface area contributed by atoms with Gasteiger partial charge < -0.3 is 10.1 Å². The van der Waals surface area contributed by atoms with E-state index in [0.717, 1.165) is 17.8 Å². The van der Waals surface area contributed by atoms with Gasteiger partial charge in [0.15, 0.2) is 11.0 Å². The molecule has 2 heterocycles. The zero-order valence-corrected chi connectivity index (χ0v) is 17.1. The second kappa shape index (κ2) is 11.0. The predicted octanol–water partition coefficient (Wildman–Crippen LogP) is 3.09. The minimum absolute atomic E-state index is 0.0214. The Labute approximate surface area is 170 Å². The monoisotopic (exact) mass is 401 g/mol. The molecule has 0 bridgehead atoms. The lowest BCUT2D eigenvalue weighted by Gasteiger charge is -2.13. The Hall–Kier alpha value is -2.19. The summed E-state index contributed by atoms with van der Waals surface area (Å²) in [5.74, 6) is 1.10. The fourth-order valence-electron chi connectivity index (χ4n) is 3.17. The van der Waals surface area contributed by atoms with E-state index in [1.54, 1.807) is 19.5 Å². The van der Waals surface area contributed by atoms with Gasteiger partial charge in [0.05, 0.1) is 18.9 Å². The van der Waals surface area contributed by atoms with Crippen LogP contribution in [0.4, 0.5) is 0 Å². The number of allylic oxidation sites excluding steroid dienone is 1. The van der Waals surface area contributed by atoms with Gasteiger partial charge in [-0.15, -0.1) is 10.2 Å². The molecule has 0 radical (unpaired) electrons. The van der Waals surface area contributed by atoms with E-state index in [2.05, 4.69) is 26.6 Å². The first-order chi connectivity index (χ1) is 13.8. The van der Waals surface area contributed by atoms with E-state index in [1.165, 1.54) is 43.0 Å². The molecule has 0 unspecified atom stereocenters. The van der Waals surface area contributed by atoms with Crippen LogP contribution in [0.5, 0.6) is 0 Å². The van der Waals surface area contributed by atoms with Crippen LogP contribution in [-0.4, -0.2) is 51.7 Å². The number of pyridine rings is 1. The Bertz CT molecular complexity index is 791. The summed E-state index contributed by atoms with van der Waals surface area (Å²) in [6, 6.07) is 3.79. The van der Waals surface area contributed by atoms with Crippen molar-refractivity contribution in [3.63, 3.8) is 0 Å². The molecule has 0 saturated heterocycles. The molecule has 8 heteroatoms. The maximum Gasteiger partial charge on any atom is 0.230 e. The molecule has 2 aromatic rings. The van der Waals surface area contributed by atoms with Crippen LogP contribution in [-0.2, 0) is 16.1 Å². The molecule has 1 aliphatic carbocycles. The zero-order valence-electron chi connectivity index (χ0n) is 16.3. The lowest BCUT2D eigenvalue weighted by molar-refractivity contribution is -0.118. The largest absolute Gasteiger partial charge is 0.383 e. The molecule has 0 atom stereocenters. The summed E-state index contributed by atoms with van der Waals surface area (Å²) < 4.78 is 7.20. The number of carbonyl (C=O) groups is 1. The van der Waals surface area contributed by atoms with Crippen LogP contribution in [0.15, 0.2) is 41.3 Å². The van der Waals surface area contributed by atoms with Crippen molar-refractivity contribution in [2.45, 2.75) is 43.8 Å². The van der Waals surface area contributed by atoms with Crippen LogP contribution in [0.25, 0.3) is 11.4 Å². The van der Waals surface area contributed by atoms with Crippen molar-refractivity contribution in [1.82, 2.24) is 25.1 Å². The standard InChI is InChI=1S/C20H27N5O2S/c1-27-14-13-25-19(17-8-10-21-11-9-17)23-24-20(25)28-15-18(26)22-12-7-16-5-3-2-4-6-16/h5,8-11H,2-4,6-7,12-15H2,1H3,(H,22,26). The van der Waals surface area contributed by atoms with E-state index < -0.39 is 0 Å². The third-order valence-corrected chi connectivity index (χ3v) is 5.63.